The van der Waals surface area contributed by atoms with Gasteiger partial charge in [0.2, 0.25) is 11.8 Å². The second-order valence-electron chi connectivity index (χ2n) is 6.85. The van der Waals surface area contributed by atoms with E-state index in [1.54, 1.807) is 23.1 Å². The molecular weight excluding hydrogens is 384 g/mol. The minimum atomic E-state index is -0.425. The highest BCUT2D eigenvalue weighted by Crippen LogP contribution is 2.32. The molecule has 7 heteroatoms. The van der Waals surface area contributed by atoms with Gasteiger partial charge >= 0.3 is 0 Å². The first kappa shape index (κ1) is 21.5. The summed E-state index contributed by atoms with van der Waals surface area (Å²) in [6.07, 6.45) is 0.175. The number of carbonyl (C=O) groups is 2. The normalized spacial score (nSPS) is 15.8. The van der Waals surface area contributed by atoms with Crippen LogP contribution in [0, 0.1) is 5.92 Å². The van der Waals surface area contributed by atoms with Gasteiger partial charge in [0.25, 0.3) is 0 Å². The molecule has 1 aliphatic heterocycles. The maximum atomic E-state index is 12.8. The topological polar surface area (TPSA) is 77.1 Å². The lowest BCUT2D eigenvalue weighted by Crippen LogP contribution is -2.28. The summed E-state index contributed by atoms with van der Waals surface area (Å²) in [5, 5.41) is 2.90. The van der Waals surface area contributed by atoms with Crippen molar-refractivity contribution in [1.29, 1.82) is 0 Å². The molecule has 2 aromatic carbocycles. The number of anilines is 2. The average Bonchev–Trinajstić information content (AvgIpc) is 3.13. The first-order chi connectivity index (χ1) is 14.5. The monoisotopic (exact) mass is 412 g/mol. The molecule has 0 bridgehead atoms. The van der Waals surface area contributed by atoms with Gasteiger partial charge in [0.1, 0.15) is 5.75 Å². The highest BCUT2D eigenvalue weighted by atomic mass is 16.5. The molecule has 0 spiro atoms. The summed E-state index contributed by atoms with van der Waals surface area (Å²) in [5.74, 6) is 1.28. The Morgan fingerprint density at radius 2 is 1.63 bits per heavy atom. The SMILES string of the molecule is CCOc1ccc(N2CC(C(=O)Nc3ccc(OCC)c(OCC)c3)CC2=O)cc1. The Balaban J connectivity index is 1.66. The third-order valence-electron chi connectivity index (χ3n) is 4.77. The second kappa shape index (κ2) is 10.0. The molecular formula is C23H28N2O5. The van der Waals surface area contributed by atoms with Gasteiger partial charge in [-0.25, -0.2) is 0 Å². The van der Waals surface area contributed by atoms with Crippen LogP contribution in [0.25, 0.3) is 0 Å². The Morgan fingerprint density at radius 1 is 0.967 bits per heavy atom. The van der Waals surface area contributed by atoms with Crippen LogP contribution >= 0.6 is 0 Å². The third kappa shape index (κ3) is 5.03. The van der Waals surface area contributed by atoms with Crippen LogP contribution < -0.4 is 24.4 Å². The van der Waals surface area contributed by atoms with Gasteiger partial charge < -0.3 is 24.4 Å². The summed E-state index contributed by atoms with van der Waals surface area (Å²) in [5.41, 5.74) is 1.37. The highest BCUT2D eigenvalue weighted by molar-refractivity contribution is 6.03. The molecule has 1 atom stereocenters. The smallest absolute Gasteiger partial charge is 0.229 e. The molecule has 0 aromatic heterocycles. The van der Waals surface area contributed by atoms with Crippen molar-refractivity contribution in [1.82, 2.24) is 0 Å². The molecule has 7 nitrogen and oxygen atoms in total. The maximum Gasteiger partial charge on any atom is 0.229 e. The average molecular weight is 412 g/mol. The van der Waals surface area contributed by atoms with Crippen LogP contribution in [-0.2, 0) is 9.59 Å². The summed E-state index contributed by atoms with van der Waals surface area (Å²) < 4.78 is 16.6. The minimum Gasteiger partial charge on any atom is -0.494 e. The molecule has 1 N–H and O–H groups in total. The third-order valence-corrected chi connectivity index (χ3v) is 4.77. The van der Waals surface area contributed by atoms with E-state index in [4.69, 9.17) is 14.2 Å². The van der Waals surface area contributed by atoms with Gasteiger partial charge in [-0.15, -0.1) is 0 Å². The van der Waals surface area contributed by atoms with Crippen molar-refractivity contribution in [2.45, 2.75) is 27.2 Å². The van der Waals surface area contributed by atoms with E-state index in [1.165, 1.54) is 0 Å². The van der Waals surface area contributed by atoms with Crippen LogP contribution in [-0.4, -0.2) is 38.2 Å². The van der Waals surface area contributed by atoms with E-state index in [0.29, 0.717) is 43.6 Å². The highest BCUT2D eigenvalue weighted by Gasteiger charge is 2.35. The Labute approximate surface area is 176 Å². The van der Waals surface area contributed by atoms with Crippen LogP contribution in [0.1, 0.15) is 27.2 Å². The zero-order chi connectivity index (χ0) is 21.5. The summed E-state index contributed by atoms with van der Waals surface area (Å²) in [4.78, 5) is 26.9. The molecule has 1 fully saturated rings. The molecule has 3 rings (SSSR count). The number of ether oxygens (including phenoxy) is 3. The lowest BCUT2D eigenvalue weighted by Gasteiger charge is -2.17. The van der Waals surface area contributed by atoms with Crippen LogP contribution in [0.2, 0.25) is 0 Å². The van der Waals surface area contributed by atoms with Crippen molar-refractivity contribution in [2.75, 3.05) is 36.6 Å². The summed E-state index contributed by atoms with van der Waals surface area (Å²) in [6.45, 7) is 7.65. The predicted octanol–water partition coefficient (Wildman–Crippen LogP) is 3.87. The van der Waals surface area contributed by atoms with E-state index in [9.17, 15) is 9.59 Å². The Bertz CT molecular complexity index is 882. The van der Waals surface area contributed by atoms with Crippen LogP contribution in [0.4, 0.5) is 11.4 Å². The summed E-state index contributed by atoms with van der Waals surface area (Å²) in [7, 11) is 0. The Kier molecular flexibility index (Phi) is 7.17. The summed E-state index contributed by atoms with van der Waals surface area (Å²) >= 11 is 0. The standard InChI is InChI=1S/C23H28N2O5/c1-4-28-19-10-8-18(9-11-19)25-15-16(13-22(25)26)23(27)24-17-7-12-20(29-5-2)21(14-17)30-6-3/h7-12,14,16H,4-6,13,15H2,1-3H3,(H,24,27). The molecule has 2 amide bonds. The molecule has 30 heavy (non-hydrogen) atoms. The lowest BCUT2D eigenvalue weighted by molar-refractivity contribution is -0.122. The fraction of sp³-hybridized carbons (Fsp3) is 0.391. The molecule has 160 valence electrons. The van der Waals surface area contributed by atoms with Crippen molar-refractivity contribution in [2.24, 2.45) is 5.92 Å². The zero-order valence-electron chi connectivity index (χ0n) is 17.6. The van der Waals surface area contributed by atoms with Crippen molar-refractivity contribution >= 4 is 23.2 Å². The minimum absolute atomic E-state index is 0.0685. The molecule has 1 saturated heterocycles. The molecule has 0 saturated carbocycles. The van der Waals surface area contributed by atoms with Gasteiger partial charge in [0.15, 0.2) is 11.5 Å². The van der Waals surface area contributed by atoms with Crippen LogP contribution in [0.3, 0.4) is 0 Å². The quantitative estimate of drug-likeness (QED) is 0.676. The number of rotatable bonds is 9. The molecule has 0 radical (unpaired) electrons. The van der Waals surface area contributed by atoms with E-state index in [2.05, 4.69) is 5.32 Å². The number of carbonyl (C=O) groups excluding carboxylic acids is 2. The predicted molar refractivity (Wildman–Crippen MR) is 115 cm³/mol. The van der Waals surface area contributed by atoms with Gasteiger partial charge in [-0.3, -0.25) is 9.59 Å². The fourth-order valence-corrected chi connectivity index (χ4v) is 3.39. The van der Waals surface area contributed by atoms with Crippen LogP contribution in [0.15, 0.2) is 42.5 Å². The van der Waals surface area contributed by atoms with Gasteiger partial charge in [-0.2, -0.15) is 0 Å². The van der Waals surface area contributed by atoms with Crippen molar-refractivity contribution in [3.05, 3.63) is 42.5 Å². The maximum absolute atomic E-state index is 12.8. The number of amides is 2. The fourth-order valence-electron chi connectivity index (χ4n) is 3.39. The largest absolute Gasteiger partial charge is 0.494 e. The number of benzene rings is 2. The van der Waals surface area contributed by atoms with Crippen molar-refractivity contribution in [3.63, 3.8) is 0 Å². The number of nitrogens with one attached hydrogen (secondary N) is 1. The van der Waals surface area contributed by atoms with E-state index < -0.39 is 5.92 Å². The molecule has 1 aliphatic rings. The van der Waals surface area contributed by atoms with E-state index in [0.717, 1.165) is 11.4 Å². The second-order valence-corrected chi connectivity index (χ2v) is 6.85. The Morgan fingerprint density at radius 3 is 2.30 bits per heavy atom. The molecule has 1 heterocycles. The summed E-state index contributed by atoms with van der Waals surface area (Å²) in [6, 6.07) is 12.6. The van der Waals surface area contributed by atoms with Crippen molar-refractivity contribution < 1.29 is 23.8 Å². The molecule has 0 aliphatic carbocycles. The molecule has 1 unspecified atom stereocenters. The van der Waals surface area contributed by atoms with Gasteiger partial charge in [-0.1, -0.05) is 0 Å². The van der Waals surface area contributed by atoms with Gasteiger partial charge in [-0.05, 0) is 57.2 Å². The number of hydrogen-bond acceptors (Lipinski definition) is 5. The van der Waals surface area contributed by atoms with Crippen molar-refractivity contribution in [3.8, 4) is 17.2 Å². The van der Waals surface area contributed by atoms with Crippen LogP contribution in [0.5, 0.6) is 17.2 Å². The first-order valence-electron chi connectivity index (χ1n) is 10.3. The lowest BCUT2D eigenvalue weighted by atomic mass is 10.1. The van der Waals surface area contributed by atoms with E-state index in [-0.39, 0.29) is 18.2 Å². The van der Waals surface area contributed by atoms with Gasteiger partial charge in [0, 0.05) is 30.4 Å². The van der Waals surface area contributed by atoms with E-state index >= 15 is 0 Å². The Hall–Kier alpha value is -3.22. The molecule has 2 aromatic rings. The number of nitrogens with zero attached hydrogens (tertiary/aromatic N) is 1. The first-order valence-corrected chi connectivity index (χ1v) is 10.3. The van der Waals surface area contributed by atoms with Gasteiger partial charge in [0.05, 0.1) is 25.7 Å². The number of hydrogen-bond donors (Lipinski definition) is 1. The van der Waals surface area contributed by atoms with E-state index in [1.807, 2.05) is 45.0 Å². The zero-order valence-corrected chi connectivity index (χ0v) is 17.6.